The maximum Gasteiger partial charge on any atom is 0.314 e. The van der Waals surface area contributed by atoms with E-state index in [1.54, 1.807) is 47.4 Å². The highest BCUT2D eigenvalue weighted by Crippen LogP contribution is 2.28. The summed E-state index contributed by atoms with van der Waals surface area (Å²) in [5.41, 5.74) is 0.419. The first-order valence-corrected chi connectivity index (χ1v) is 9.34. The van der Waals surface area contributed by atoms with Gasteiger partial charge in [-0.25, -0.2) is 0 Å². The van der Waals surface area contributed by atoms with Gasteiger partial charge in [-0.2, -0.15) is 0 Å². The monoisotopic (exact) mass is 407 g/mol. The van der Waals surface area contributed by atoms with Crippen LogP contribution in [-0.4, -0.2) is 37.0 Å². The highest BCUT2D eigenvalue weighted by atomic mass is 35.5. The van der Waals surface area contributed by atoms with Crippen LogP contribution in [0.5, 0.6) is 11.5 Å². The Morgan fingerprint density at radius 1 is 1.04 bits per heavy atom. The van der Waals surface area contributed by atoms with Crippen LogP contribution in [0.1, 0.15) is 23.2 Å². The van der Waals surface area contributed by atoms with Crippen LogP contribution >= 0.6 is 23.2 Å². The molecule has 5 nitrogen and oxygen atoms in total. The maximum atomic E-state index is 12.8. The first-order chi connectivity index (χ1) is 13.0. The van der Waals surface area contributed by atoms with Crippen molar-refractivity contribution in [1.82, 2.24) is 4.90 Å². The summed E-state index contributed by atoms with van der Waals surface area (Å²) in [5, 5.41) is 0.865. The van der Waals surface area contributed by atoms with Crippen LogP contribution in [0, 0.1) is 5.92 Å². The van der Waals surface area contributed by atoms with Crippen LogP contribution < -0.4 is 9.47 Å². The Balaban J connectivity index is 1.62. The highest BCUT2D eigenvalue weighted by Gasteiger charge is 2.30. The van der Waals surface area contributed by atoms with Gasteiger partial charge in [0.15, 0.2) is 0 Å². The van der Waals surface area contributed by atoms with Crippen molar-refractivity contribution in [1.29, 1.82) is 0 Å². The molecule has 1 heterocycles. The molecule has 1 aliphatic rings. The molecule has 27 heavy (non-hydrogen) atoms. The molecule has 2 aromatic rings. The lowest BCUT2D eigenvalue weighted by Crippen LogP contribution is -2.41. The van der Waals surface area contributed by atoms with E-state index in [9.17, 15) is 9.59 Å². The Hall–Kier alpha value is -2.24. The second kappa shape index (κ2) is 8.63. The SMILES string of the molecule is COc1ccc(Cl)cc1C(=O)N1CCC(C(=O)Oc2ccccc2Cl)CC1. The molecule has 0 saturated carbocycles. The van der Waals surface area contributed by atoms with Crippen molar-refractivity contribution >= 4 is 35.1 Å². The first kappa shape index (κ1) is 19.5. The number of nitrogens with zero attached hydrogens (tertiary/aromatic N) is 1. The zero-order valence-corrected chi connectivity index (χ0v) is 16.3. The quantitative estimate of drug-likeness (QED) is 0.554. The third kappa shape index (κ3) is 4.54. The molecular weight excluding hydrogens is 389 g/mol. The number of carbonyl (C=O) groups is 2. The number of carbonyl (C=O) groups excluding carboxylic acids is 2. The predicted molar refractivity (Wildman–Crippen MR) is 104 cm³/mol. The van der Waals surface area contributed by atoms with Crippen LogP contribution in [0.3, 0.4) is 0 Å². The van der Waals surface area contributed by atoms with Gasteiger partial charge in [0, 0.05) is 18.1 Å². The second-order valence-corrected chi connectivity index (χ2v) is 7.11. The van der Waals surface area contributed by atoms with Crippen molar-refractivity contribution in [2.24, 2.45) is 5.92 Å². The number of hydrogen-bond acceptors (Lipinski definition) is 4. The van der Waals surface area contributed by atoms with E-state index in [4.69, 9.17) is 32.7 Å². The number of amides is 1. The van der Waals surface area contributed by atoms with E-state index in [-0.39, 0.29) is 17.8 Å². The highest BCUT2D eigenvalue weighted by molar-refractivity contribution is 6.32. The largest absolute Gasteiger partial charge is 0.496 e. The fraction of sp³-hybridized carbons (Fsp3) is 0.300. The number of esters is 1. The topological polar surface area (TPSA) is 55.8 Å². The first-order valence-electron chi connectivity index (χ1n) is 8.58. The van der Waals surface area contributed by atoms with Gasteiger partial charge in [0.25, 0.3) is 5.91 Å². The molecule has 0 aliphatic carbocycles. The molecule has 0 radical (unpaired) electrons. The number of rotatable bonds is 4. The predicted octanol–water partition coefficient (Wildman–Crippen LogP) is 4.46. The van der Waals surface area contributed by atoms with Gasteiger partial charge in [0.05, 0.1) is 23.6 Å². The van der Waals surface area contributed by atoms with Crippen LogP contribution in [-0.2, 0) is 4.79 Å². The Labute approximate surface area is 167 Å². The third-order valence-corrected chi connectivity index (χ3v) is 5.10. The van der Waals surface area contributed by atoms with Crippen molar-refractivity contribution in [3.63, 3.8) is 0 Å². The van der Waals surface area contributed by atoms with Crippen molar-refractivity contribution in [2.45, 2.75) is 12.8 Å². The Morgan fingerprint density at radius 3 is 2.41 bits per heavy atom. The van der Waals surface area contributed by atoms with Gasteiger partial charge >= 0.3 is 5.97 Å². The number of hydrogen-bond donors (Lipinski definition) is 0. The number of benzene rings is 2. The van der Waals surface area contributed by atoms with Gasteiger partial charge in [-0.05, 0) is 43.2 Å². The molecule has 7 heteroatoms. The molecule has 142 valence electrons. The number of likely N-dealkylation sites (tertiary alicyclic amines) is 1. The molecule has 1 amide bonds. The van der Waals surface area contributed by atoms with Gasteiger partial charge in [0.1, 0.15) is 11.5 Å². The van der Waals surface area contributed by atoms with Crippen LogP contribution in [0.4, 0.5) is 0 Å². The molecule has 0 aromatic heterocycles. The smallest absolute Gasteiger partial charge is 0.314 e. The summed E-state index contributed by atoms with van der Waals surface area (Å²) in [6.07, 6.45) is 1.05. The van der Waals surface area contributed by atoms with E-state index in [0.29, 0.717) is 53.0 Å². The van der Waals surface area contributed by atoms with E-state index in [1.807, 2.05) is 0 Å². The van der Waals surface area contributed by atoms with E-state index < -0.39 is 0 Å². The Morgan fingerprint density at radius 2 is 1.74 bits per heavy atom. The number of ether oxygens (including phenoxy) is 2. The number of para-hydroxylation sites is 1. The van der Waals surface area contributed by atoms with Crippen molar-refractivity contribution in [3.05, 3.63) is 58.1 Å². The van der Waals surface area contributed by atoms with Crippen molar-refractivity contribution in [2.75, 3.05) is 20.2 Å². The normalized spacial score (nSPS) is 14.7. The summed E-state index contributed by atoms with van der Waals surface area (Å²) < 4.78 is 10.7. The summed E-state index contributed by atoms with van der Waals surface area (Å²) in [6.45, 7) is 0.910. The van der Waals surface area contributed by atoms with E-state index in [2.05, 4.69) is 0 Å². The molecule has 0 N–H and O–H groups in total. The van der Waals surface area contributed by atoms with Gasteiger partial charge in [-0.1, -0.05) is 35.3 Å². The standard InChI is InChI=1S/C20H19Cl2NO4/c1-26-17-7-6-14(21)12-15(17)19(24)23-10-8-13(9-11-23)20(25)27-18-5-3-2-4-16(18)22/h2-7,12-13H,8-11H2,1H3. The minimum absolute atomic E-state index is 0.160. The van der Waals surface area contributed by atoms with Crippen LogP contribution in [0.15, 0.2) is 42.5 Å². The molecule has 0 bridgehead atoms. The molecule has 0 atom stereocenters. The lowest BCUT2D eigenvalue weighted by Gasteiger charge is -2.31. The number of halogens is 2. The maximum absolute atomic E-state index is 12.8. The molecule has 0 spiro atoms. The average Bonchev–Trinajstić information content (AvgIpc) is 2.69. The second-order valence-electron chi connectivity index (χ2n) is 6.26. The van der Waals surface area contributed by atoms with E-state index in [1.165, 1.54) is 7.11 Å². The summed E-state index contributed by atoms with van der Waals surface area (Å²) >= 11 is 12.0. The van der Waals surface area contributed by atoms with Gasteiger partial charge in [0.2, 0.25) is 0 Å². The molecule has 1 fully saturated rings. The minimum atomic E-state index is -0.324. The average molecular weight is 408 g/mol. The minimum Gasteiger partial charge on any atom is -0.496 e. The third-order valence-electron chi connectivity index (χ3n) is 4.55. The summed E-state index contributed by atoms with van der Waals surface area (Å²) in [5.74, 6) is 0.0744. The fourth-order valence-corrected chi connectivity index (χ4v) is 3.40. The summed E-state index contributed by atoms with van der Waals surface area (Å²) in [6, 6.07) is 11.8. The van der Waals surface area contributed by atoms with Crippen LogP contribution in [0.25, 0.3) is 0 Å². The Bertz CT molecular complexity index is 848. The zero-order valence-electron chi connectivity index (χ0n) is 14.8. The molecule has 2 aromatic carbocycles. The molecule has 0 unspecified atom stereocenters. The van der Waals surface area contributed by atoms with Gasteiger partial charge in [-0.3, -0.25) is 9.59 Å². The van der Waals surface area contributed by atoms with Crippen molar-refractivity contribution < 1.29 is 19.1 Å². The molecule has 1 saturated heterocycles. The molecular formula is C20H19Cl2NO4. The van der Waals surface area contributed by atoms with Crippen LogP contribution in [0.2, 0.25) is 10.0 Å². The van der Waals surface area contributed by atoms with E-state index >= 15 is 0 Å². The van der Waals surface area contributed by atoms with Gasteiger partial charge in [-0.15, -0.1) is 0 Å². The lowest BCUT2D eigenvalue weighted by atomic mass is 9.96. The number of methoxy groups -OCH3 is 1. The van der Waals surface area contributed by atoms with Crippen molar-refractivity contribution in [3.8, 4) is 11.5 Å². The zero-order chi connectivity index (χ0) is 19.4. The Kier molecular flexibility index (Phi) is 6.24. The fourth-order valence-electron chi connectivity index (χ4n) is 3.06. The summed E-state index contributed by atoms with van der Waals surface area (Å²) in [4.78, 5) is 26.9. The van der Waals surface area contributed by atoms with Gasteiger partial charge < -0.3 is 14.4 Å². The van der Waals surface area contributed by atoms with E-state index in [0.717, 1.165) is 0 Å². The molecule has 3 rings (SSSR count). The summed E-state index contributed by atoms with van der Waals surface area (Å²) in [7, 11) is 1.51. The lowest BCUT2D eigenvalue weighted by molar-refractivity contribution is -0.140. The molecule has 1 aliphatic heterocycles. The number of piperidine rings is 1.